The van der Waals surface area contributed by atoms with Crippen molar-refractivity contribution in [3.63, 3.8) is 0 Å². The molecule has 0 aliphatic rings. The van der Waals surface area contributed by atoms with Crippen molar-refractivity contribution in [3.05, 3.63) is 102 Å². The van der Waals surface area contributed by atoms with Crippen LogP contribution >= 0.6 is 0 Å². The highest BCUT2D eigenvalue weighted by Gasteiger charge is 2.25. The van der Waals surface area contributed by atoms with Gasteiger partial charge in [0.15, 0.2) is 0 Å². The third-order valence-electron chi connectivity index (χ3n) is 3.86. The van der Waals surface area contributed by atoms with E-state index in [0.29, 0.717) is 16.8 Å². The smallest absolute Gasteiger partial charge is 0.267 e. The van der Waals surface area contributed by atoms with Crippen molar-refractivity contribution in [2.75, 3.05) is 5.12 Å². The molecule has 2 amide bonds. The molecule has 0 saturated carbocycles. The molecular weight excluding hydrogens is 352 g/mol. The third kappa shape index (κ3) is 4.42. The number of carbonyl (C=O) groups is 2. The van der Waals surface area contributed by atoms with Gasteiger partial charge in [-0.25, -0.2) is 5.43 Å². The number of para-hydroxylation sites is 1. The van der Waals surface area contributed by atoms with Crippen molar-refractivity contribution in [1.29, 1.82) is 0 Å². The van der Waals surface area contributed by atoms with Crippen LogP contribution in [0.5, 0.6) is 0 Å². The lowest BCUT2D eigenvalue weighted by molar-refractivity contribution is 0.0556. The normalized spacial score (nSPS) is 10.5. The number of nitrogens with zero attached hydrogens (tertiary/aromatic N) is 3. The number of hydrazone groups is 1. The SMILES string of the molecule is C/C=N/N(c1ccccc1)N(NC(=O)c1ccccc1)C(=O)c1ccccc1. The van der Waals surface area contributed by atoms with Crippen LogP contribution in [0.15, 0.2) is 96.1 Å². The van der Waals surface area contributed by atoms with Crippen LogP contribution in [-0.2, 0) is 0 Å². The lowest BCUT2D eigenvalue weighted by Crippen LogP contribution is -2.54. The third-order valence-corrected chi connectivity index (χ3v) is 3.86. The number of hydrazine groups is 2. The van der Waals surface area contributed by atoms with Gasteiger partial charge in [-0.05, 0) is 43.3 Å². The molecule has 6 nitrogen and oxygen atoms in total. The zero-order chi connectivity index (χ0) is 19.8. The Morgan fingerprint density at radius 2 is 1.29 bits per heavy atom. The van der Waals surface area contributed by atoms with E-state index in [1.807, 2.05) is 30.3 Å². The molecule has 0 heterocycles. The zero-order valence-corrected chi connectivity index (χ0v) is 15.4. The highest BCUT2D eigenvalue weighted by molar-refractivity contribution is 5.99. The van der Waals surface area contributed by atoms with Gasteiger partial charge in [0.1, 0.15) is 0 Å². The van der Waals surface area contributed by atoms with Gasteiger partial charge < -0.3 is 0 Å². The first-order valence-corrected chi connectivity index (χ1v) is 8.80. The van der Waals surface area contributed by atoms with Crippen molar-refractivity contribution < 1.29 is 9.59 Å². The summed E-state index contributed by atoms with van der Waals surface area (Å²) in [7, 11) is 0. The topological polar surface area (TPSA) is 65.0 Å². The molecule has 0 atom stereocenters. The fourth-order valence-corrected chi connectivity index (χ4v) is 2.54. The van der Waals surface area contributed by atoms with Gasteiger partial charge in [-0.1, -0.05) is 54.6 Å². The summed E-state index contributed by atoms with van der Waals surface area (Å²) in [5, 5.41) is 6.76. The van der Waals surface area contributed by atoms with E-state index in [0.717, 1.165) is 5.12 Å². The van der Waals surface area contributed by atoms with Crippen LogP contribution in [0.2, 0.25) is 0 Å². The average Bonchev–Trinajstić information content (AvgIpc) is 2.77. The summed E-state index contributed by atoms with van der Waals surface area (Å²) in [6, 6.07) is 26.5. The first-order chi connectivity index (χ1) is 13.7. The predicted octanol–water partition coefficient (Wildman–Crippen LogP) is 3.90. The number of anilines is 1. The van der Waals surface area contributed by atoms with Gasteiger partial charge in [-0.15, -0.1) is 5.12 Å². The van der Waals surface area contributed by atoms with Gasteiger partial charge in [0.25, 0.3) is 11.8 Å². The van der Waals surface area contributed by atoms with Crippen molar-refractivity contribution in [2.24, 2.45) is 5.10 Å². The highest BCUT2D eigenvalue weighted by atomic mass is 16.2. The molecular formula is C22H20N4O2. The van der Waals surface area contributed by atoms with E-state index in [2.05, 4.69) is 10.5 Å². The Kier molecular flexibility index (Phi) is 6.15. The minimum atomic E-state index is -0.419. The first kappa shape index (κ1) is 18.8. The molecule has 0 unspecified atom stereocenters. The van der Waals surface area contributed by atoms with Gasteiger partial charge >= 0.3 is 0 Å². The Bertz CT molecular complexity index is 944. The summed E-state index contributed by atoms with van der Waals surface area (Å²) in [5.74, 6) is -0.837. The summed E-state index contributed by atoms with van der Waals surface area (Å²) in [5.41, 5.74) is 4.15. The molecule has 28 heavy (non-hydrogen) atoms. The molecule has 0 aliphatic carbocycles. The molecule has 0 fully saturated rings. The number of hydrogen-bond acceptors (Lipinski definition) is 4. The maximum Gasteiger partial charge on any atom is 0.293 e. The Hall–Kier alpha value is -3.93. The van der Waals surface area contributed by atoms with Crippen LogP contribution in [0.4, 0.5) is 5.69 Å². The summed E-state index contributed by atoms with van der Waals surface area (Å²) >= 11 is 0. The second-order valence-electron chi connectivity index (χ2n) is 5.79. The van der Waals surface area contributed by atoms with Crippen LogP contribution in [-0.4, -0.2) is 23.1 Å². The second-order valence-corrected chi connectivity index (χ2v) is 5.79. The van der Waals surface area contributed by atoms with Crippen LogP contribution in [0.3, 0.4) is 0 Å². The molecule has 140 valence electrons. The van der Waals surface area contributed by atoms with Crippen molar-refractivity contribution in [3.8, 4) is 0 Å². The molecule has 0 bridgehead atoms. The van der Waals surface area contributed by atoms with E-state index in [4.69, 9.17) is 0 Å². The van der Waals surface area contributed by atoms with E-state index in [-0.39, 0.29) is 0 Å². The molecule has 0 aliphatic heterocycles. The number of amides is 2. The minimum Gasteiger partial charge on any atom is -0.267 e. The quantitative estimate of drug-likeness (QED) is 0.546. The minimum absolute atomic E-state index is 0.417. The molecule has 0 spiro atoms. The Morgan fingerprint density at radius 1 is 0.786 bits per heavy atom. The van der Waals surface area contributed by atoms with Gasteiger partial charge in [-0.2, -0.15) is 10.2 Å². The Labute approximate surface area is 163 Å². The lowest BCUT2D eigenvalue weighted by Gasteiger charge is -2.32. The van der Waals surface area contributed by atoms with Gasteiger partial charge in [0, 0.05) is 17.3 Å². The predicted molar refractivity (Wildman–Crippen MR) is 110 cm³/mol. The molecule has 0 radical (unpaired) electrons. The maximum absolute atomic E-state index is 13.2. The maximum atomic E-state index is 13.2. The molecule has 3 rings (SSSR count). The van der Waals surface area contributed by atoms with E-state index in [9.17, 15) is 9.59 Å². The largest absolute Gasteiger partial charge is 0.293 e. The fourth-order valence-electron chi connectivity index (χ4n) is 2.54. The van der Waals surface area contributed by atoms with Crippen LogP contribution in [0.1, 0.15) is 27.6 Å². The molecule has 6 heteroatoms. The highest BCUT2D eigenvalue weighted by Crippen LogP contribution is 2.18. The van der Waals surface area contributed by atoms with Crippen molar-refractivity contribution in [2.45, 2.75) is 6.92 Å². The number of benzene rings is 3. The lowest BCUT2D eigenvalue weighted by atomic mass is 10.2. The number of nitrogens with one attached hydrogen (secondary N) is 1. The fraction of sp³-hybridized carbons (Fsp3) is 0.0455. The zero-order valence-electron chi connectivity index (χ0n) is 15.4. The summed E-state index contributed by atoms with van der Waals surface area (Å²) in [4.78, 5) is 25.9. The first-order valence-electron chi connectivity index (χ1n) is 8.80. The Morgan fingerprint density at radius 3 is 1.82 bits per heavy atom. The molecule has 3 aromatic rings. The molecule has 3 aromatic carbocycles. The van der Waals surface area contributed by atoms with Gasteiger partial charge in [0.05, 0.1) is 5.69 Å². The Balaban J connectivity index is 2.00. The van der Waals surface area contributed by atoms with E-state index < -0.39 is 11.8 Å². The van der Waals surface area contributed by atoms with E-state index in [1.54, 1.807) is 73.8 Å². The van der Waals surface area contributed by atoms with Crippen LogP contribution in [0, 0.1) is 0 Å². The number of hydrogen-bond donors (Lipinski definition) is 1. The van der Waals surface area contributed by atoms with E-state index in [1.165, 1.54) is 5.12 Å². The van der Waals surface area contributed by atoms with Gasteiger partial charge in [0.2, 0.25) is 0 Å². The van der Waals surface area contributed by atoms with Crippen LogP contribution < -0.4 is 10.5 Å². The number of carbonyl (C=O) groups excluding carboxylic acids is 2. The summed E-state index contributed by atoms with van der Waals surface area (Å²) in [6.07, 6.45) is 1.55. The molecule has 1 N–H and O–H groups in total. The monoisotopic (exact) mass is 372 g/mol. The second kappa shape index (κ2) is 9.14. The van der Waals surface area contributed by atoms with Crippen molar-refractivity contribution >= 4 is 23.7 Å². The summed E-state index contributed by atoms with van der Waals surface area (Å²) < 4.78 is 0. The van der Waals surface area contributed by atoms with Crippen molar-refractivity contribution in [1.82, 2.24) is 10.5 Å². The molecule has 0 saturated heterocycles. The van der Waals surface area contributed by atoms with Crippen LogP contribution in [0.25, 0.3) is 0 Å². The number of rotatable bonds is 5. The standard InChI is InChI=1S/C22H20N4O2/c1-2-23-25(20-16-10-5-11-17-20)26(22(28)19-14-8-4-9-15-19)24-21(27)18-12-6-3-7-13-18/h2-17H,1H3,(H,24,27)/b23-2+. The molecule has 0 aromatic heterocycles. The average molecular weight is 372 g/mol. The van der Waals surface area contributed by atoms with Gasteiger partial charge in [-0.3, -0.25) is 9.59 Å². The summed E-state index contributed by atoms with van der Waals surface area (Å²) in [6.45, 7) is 1.74. The van der Waals surface area contributed by atoms with E-state index >= 15 is 0 Å².